The van der Waals surface area contributed by atoms with E-state index < -0.39 is 17.9 Å². The summed E-state index contributed by atoms with van der Waals surface area (Å²) in [5.41, 5.74) is 2.59. The van der Waals surface area contributed by atoms with Crippen molar-refractivity contribution in [3.8, 4) is 0 Å². The highest BCUT2D eigenvalue weighted by atomic mass is 16.4. The number of aliphatic carboxylic acids is 1. The number of carboxylic acid groups (broad SMARTS) is 1. The van der Waals surface area contributed by atoms with Gasteiger partial charge in [-0.05, 0) is 17.7 Å². The third-order valence-electron chi connectivity index (χ3n) is 5.13. The molecule has 0 aliphatic heterocycles. The second-order valence-corrected chi connectivity index (χ2v) is 7.35. The van der Waals surface area contributed by atoms with Crippen molar-refractivity contribution in [2.75, 3.05) is 0 Å². The summed E-state index contributed by atoms with van der Waals surface area (Å²) in [5, 5.41) is 13.0. The summed E-state index contributed by atoms with van der Waals surface area (Å²) in [5.74, 6) is -1.81. The monoisotopic (exact) mass is 424 g/mol. The SMILES string of the molecule is O=C(c1ccccc1)c1ccc(C[C@H](NC(=O)c2ccc3ccccc3n2)C(=O)O)cc1. The van der Waals surface area contributed by atoms with E-state index in [0.717, 1.165) is 5.39 Å². The van der Waals surface area contributed by atoms with Crippen LogP contribution in [0.15, 0.2) is 91.0 Å². The Labute approximate surface area is 184 Å². The van der Waals surface area contributed by atoms with Gasteiger partial charge in [-0.25, -0.2) is 9.78 Å². The zero-order chi connectivity index (χ0) is 22.5. The molecule has 6 heteroatoms. The lowest BCUT2D eigenvalue weighted by atomic mass is 9.99. The number of hydrogen-bond acceptors (Lipinski definition) is 4. The molecule has 6 nitrogen and oxygen atoms in total. The third-order valence-corrected chi connectivity index (χ3v) is 5.13. The molecule has 2 N–H and O–H groups in total. The predicted molar refractivity (Wildman–Crippen MR) is 121 cm³/mol. The van der Waals surface area contributed by atoms with Gasteiger partial charge < -0.3 is 10.4 Å². The van der Waals surface area contributed by atoms with Gasteiger partial charge in [0.25, 0.3) is 5.91 Å². The molecule has 4 aromatic rings. The molecule has 0 saturated carbocycles. The van der Waals surface area contributed by atoms with E-state index in [0.29, 0.717) is 22.2 Å². The predicted octanol–water partition coefficient (Wildman–Crippen LogP) is 3.89. The molecule has 0 saturated heterocycles. The number of fused-ring (bicyclic) bond motifs is 1. The molecule has 1 atom stereocenters. The molecule has 1 aromatic heterocycles. The van der Waals surface area contributed by atoms with Crippen LogP contribution in [0.25, 0.3) is 10.9 Å². The van der Waals surface area contributed by atoms with E-state index in [1.165, 1.54) is 0 Å². The van der Waals surface area contributed by atoms with Crippen LogP contribution in [0.4, 0.5) is 0 Å². The normalized spacial score (nSPS) is 11.6. The molecule has 3 aromatic carbocycles. The number of carbonyl (C=O) groups excluding carboxylic acids is 2. The van der Waals surface area contributed by atoms with Crippen molar-refractivity contribution in [3.05, 3.63) is 113 Å². The van der Waals surface area contributed by atoms with Gasteiger partial charge in [-0.3, -0.25) is 9.59 Å². The Morgan fingerprint density at radius 1 is 0.781 bits per heavy atom. The summed E-state index contributed by atoms with van der Waals surface area (Å²) in [6.07, 6.45) is 0.0778. The van der Waals surface area contributed by atoms with Crippen LogP contribution < -0.4 is 5.32 Å². The maximum Gasteiger partial charge on any atom is 0.326 e. The van der Waals surface area contributed by atoms with Crippen LogP contribution in [-0.4, -0.2) is 33.8 Å². The van der Waals surface area contributed by atoms with Gasteiger partial charge in [0.1, 0.15) is 11.7 Å². The van der Waals surface area contributed by atoms with Gasteiger partial charge in [0.15, 0.2) is 5.78 Å². The second-order valence-electron chi connectivity index (χ2n) is 7.35. The van der Waals surface area contributed by atoms with Crippen LogP contribution >= 0.6 is 0 Å². The van der Waals surface area contributed by atoms with Crippen molar-refractivity contribution < 1.29 is 19.5 Å². The van der Waals surface area contributed by atoms with Crippen molar-refractivity contribution in [3.63, 3.8) is 0 Å². The minimum Gasteiger partial charge on any atom is -0.480 e. The molecule has 0 spiro atoms. The molecule has 1 amide bonds. The van der Waals surface area contributed by atoms with E-state index in [4.69, 9.17) is 0 Å². The van der Waals surface area contributed by atoms with Crippen molar-refractivity contribution >= 4 is 28.6 Å². The van der Waals surface area contributed by atoms with Crippen LogP contribution in [0.3, 0.4) is 0 Å². The second kappa shape index (κ2) is 9.22. The Kier molecular flexibility index (Phi) is 6.03. The first-order valence-corrected chi connectivity index (χ1v) is 10.1. The zero-order valence-electron chi connectivity index (χ0n) is 17.1. The van der Waals surface area contributed by atoms with Gasteiger partial charge in [-0.2, -0.15) is 0 Å². The summed E-state index contributed by atoms with van der Waals surface area (Å²) >= 11 is 0. The summed E-state index contributed by atoms with van der Waals surface area (Å²) in [6.45, 7) is 0. The number of amides is 1. The van der Waals surface area contributed by atoms with Crippen molar-refractivity contribution in [1.29, 1.82) is 0 Å². The Morgan fingerprint density at radius 3 is 2.16 bits per heavy atom. The minimum absolute atomic E-state index is 0.0778. The molecule has 0 unspecified atom stereocenters. The number of aromatic nitrogens is 1. The molecule has 4 rings (SSSR count). The summed E-state index contributed by atoms with van der Waals surface area (Å²) in [7, 11) is 0. The Morgan fingerprint density at radius 2 is 1.44 bits per heavy atom. The lowest BCUT2D eigenvalue weighted by Gasteiger charge is -2.15. The Bertz CT molecular complexity index is 1280. The van der Waals surface area contributed by atoms with Crippen molar-refractivity contribution in [2.24, 2.45) is 0 Å². The number of hydrogen-bond donors (Lipinski definition) is 2. The van der Waals surface area contributed by atoms with E-state index in [1.54, 1.807) is 66.7 Å². The average molecular weight is 424 g/mol. The molecule has 1 heterocycles. The molecule has 0 bridgehead atoms. The van der Waals surface area contributed by atoms with Gasteiger partial charge in [-0.1, -0.05) is 78.9 Å². The van der Waals surface area contributed by atoms with E-state index in [1.807, 2.05) is 24.3 Å². The number of para-hydroxylation sites is 1. The van der Waals surface area contributed by atoms with Gasteiger partial charge in [-0.15, -0.1) is 0 Å². The fourth-order valence-corrected chi connectivity index (χ4v) is 3.41. The van der Waals surface area contributed by atoms with Gasteiger partial charge in [0.2, 0.25) is 0 Å². The summed E-state index contributed by atoms with van der Waals surface area (Å²) in [4.78, 5) is 41.2. The van der Waals surface area contributed by atoms with Gasteiger partial charge in [0.05, 0.1) is 5.52 Å². The highest BCUT2D eigenvalue weighted by Gasteiger charge is 2.22. The van der Waals surface area contributed by atoms with Crippen LogP contribution in [0.2, 0.25) is 0 Å². The fourth-order valence-electron chi connectivity index (χ4n) is 3.41. The highest BCUT2D eigenvalue weighted by molar-refractivity contribution is 6.09. The Balaban J connectivity index is 1.46. The standard InChI is InChI=1S/C26H20N2O4/c29-24(19-7-2-1-3-8-19)20-12-10-17(11-13-20)16-23(26(31)32)28-25(30)22-15-14-18-6-4-5-9-21(18)27-22/h1-15,23H,16H2,(H,28,30)(H,31,32)/t23-/m0/s1. The molecule has 158 valence electrons. The molecular formula is C26H20N2O4. The quantitative estimate of drug-likeness (QED) is 0.439. The first-order chi connectivity index (χ1) is 15.5. The van der Waals surface area contributed by atoms with Crippen molar-refractivity contribution in [1.82, 2.24) is 10.3 Å². The lowest BCUT2D eigenvalue weighted by Crippen LogP contribution is -2.42. The third kappa shape index (κ3) is 4.70. The van der Waals surface area contributed by atoms with E-state index in [9.17, 15) is 19.5 Å². The topological polar surface area (TPSA) is 96.4 Å². The highest BCUT2D eigenvalue weighted by Crippen LogP contribution is 2.14. The minimum atomic E-state index is -1.15. The van der Waals surface area contributed by atoms with Crippen LogP contribution in [-0.2, 0) is 11.2 Å². The fraction of sp³-hybridized carbons (Fsp3) is 0.0769. The molecule has 0 radical (unpaired) electrons. The van der Waals surface area contributed by atoms with Crippen molar-refractivity contribution in [2.45, 2.75) is 12.5 Å². The molecule has 0 aliphatic carbocycles. The molecular weight excluding hydrogens is 404 g/mol. The number of ketones is 1. The summed E-state index contributed by atoms with van der Waals surface area (Å²) < 4.78 is 0. The zero-order valence-corrected chi connectivity index (χ0v) is 17.1. The van der Waals surface area contributed by atoms with Crippen LogP contribution in [0.5, 0.6) is 0 Å². The van der Waals surface area contributed by atoms with Gasteiger partial charge in [0, 0.05) is 22.9 Å². The lowest BCUT2D eigenvalue weighted by molar-refractivity contribution is -0.139. The van der Waals surface area contributed by atoms with Crippen LogP contribution in [0.1, 0.15) is 32.0 Å². The molecule has 0 aliphatic rings. The summed E-state index contributed by atoms with van der Waals surface area (Å²) in [6, 6.07) is 25.2. The maximum atomic E-state index is 12.6. The number of carboxylic acids is 1. The smallest absolute Gasteiger partial charge is 0.326 e. The number of rotatable bonds is 7. The number of pyridine rings is 1. The van der Waals surface area contributed by atoms with Gasteiger partial charge >= 0.3 is 5.97 Å². The first-order valence-electron chi connectivity index (χ1n) is 10.1. The first kappa shape index (κ1) is 20.9. The number of nitrogens with one attached hydrogen (secondary N) is 1. The Hall–Kier alpha value is -4.32. The van der Waals surface area contributed by atoms with E-state index in [-0.39, 0.29) is 17.9 Å². The number of nitrogens with zero attached hydrogens (tertiary/aromatic N) is 1. The molecule has 32 heavy (non-hydrogen) atoms. The largest absolute Gasteiger partial charge is 0.480 e. The number of benzene rings is 3. The van der Waals surface area contributed by atoms with E-state index >= 15 is 0 Å². The number of carbonyl (C=O) groups is 3. The maximum absolute atomic E-state index is 12.6. The van der Waals surface area contributed by atoms with E-state index in [2.05, 4.69) is 10.3 Å². The molecule has 0 fully saturated rings. The average Bonchev–Trinajstić information content (AvgIpc) is 2.83. The van der Waals surface area contributed by atoms with Crippen LogP contribution in [0, 0.1) is 0 Å².